The number of nitrogens with zero attached hydrogens (tertiary/aromatic N) is 2. The zero-order valence-electron chi connectivity index (χ0n) is 16.2. The number of rotatable bonds is 5. The van der Waals surface area contributed by atoms with Crippen LogP contribution in [0.4, 0.5) is 18.9 Å². The molecular formula is C22H16F3N3O3. The maximum absolute atomic E-state index is 14.1. The summed E-state index contributed by atoms with van der Waals surface area (Å²) >= 11 is 0. The Kier molecular flexibility index (Phi) is 5.24. The molecule has 0 saturated carbocycles. The molecule has 1 heterocycles. The van der Waals surface area contributed by atoms with Crippen LogP contribution in [0.5, 0.6) is 11.5 Å². The topological polar surface area (TPSA) is 91.4 Å². The average Bonchev–Trinajstić information content (AvgIpc) is 3.22. The van der Waals surface area contributed by atoms with Gasteiger partial charge in [-0.2, -0.15) is 4.98 Å². The summed E-state index contributed by atoms with van der Waals surface area (Å²) < 4.78 is 45.6. The Morgan fingerprint density at radius 2 is 1.81 bits per heavy atom. The van der Waals surface area contributed by atoms with Crippen molar-refractivity contribution in [2.45, 2.75) is 13.5 Å². The van der Waals surface area contributed by atoms with E-state index in [4.69, 9.17) is 4.52 Å². The van der Waals surface area contributed by atoms with Gasteiger partial charge in [-0.15, -0.1) is 0 Å². The fourth-order valence-corrected chi connectivity index (χ4v) is 2.98. The van der Waals surface area contributed by atoms with E-state index < -0.39 is 23.2 Å². The molecule has 1 aromatic heterocycles. The van der Waals surface area contributed by atoms with Crippen molar-refractivity contribution in [1.29, 1.82) is 0 Å². The van der Waals surface area contributed by atoms with Crippen molar-refractivity contribution < 1.29 is 27.9 Å². The zero-order valence-corrected chi connectivity index (χ0v) is 16.2. The molecule has 0 spiro atoms. The van der Waals surface area contributed by atoms with Crippen molar-refractivity contribution in [2.24, 2.45) is 0 Å². The minimum Gasteiger partial charge on any atom is -0.507 e. The highest BCUT2D eigenvalue weighted by Gasteiger charge is 2.19. The van der Waals surface area contributed by atoms with Gasteiger partial charge >= 0.3 is 0 Å². The van der Waals surface area contributed by atoms with Crippen LogP contribution in [0.3, 0.4) is 0 Å². The van der Waals surface area contributed by atoms with Gasteiger partial charge in [0.05, 0.1) is 5.56 Å². The van der Waals surface area contributed by atoms with Crippen LogP contribution in [0.25, 0.3) is 22.8 Å². The summed E-state index contributed by atoms with van der Waals surface area (Å²) in [5.74, 6) is -4.15. The molecule has 4 rings (SSSR count). The number of aryl methyl sites for hydroxylation is 1. The van der Waals surface area contributed by atoms with Gasteiger partial charge in [0.25, 0.3) is 5.89 Å². The normalized spacial score (nSPS) is 11.0. The summed E-state index contributed by atoms with van der Waals surface area (Å²) in [4.78, 5) is 4.13. The summed E-state index contributed by atoms with van der Waals surface area (Å²) in [5, 5.41) is 26.3. The molecule has 0 fully saturated rings. The van der Waals surface area contributed by atoms with Gasteiger partial charge in [0.1, 0.15) is 11.6 Å². The summed E-state index contributed by atoms with van der Waals surface area (Å²) in [5.41, 5.74) is 2.44. The number of aromatic hydroxyl groups is 2. The van der Waals surface area contributed by atoms with Gasteiger partial charge in [0.15, 0.2) is 17.4 Å². The van der Waals surface area contributed by atoms with Crippen molar-refractivity contribution >= 4 is 5.69 Å². The zero-order chi connectivity index (χ0) is 22.1. The van der Waals surface area contributed by atoms with E-state index in [9.17, 15) is 23.4 Å². The molecule has 158 valence electrons. The molecule has 0 atom stereocenters. The first-order valence-corrected chi connectivity index (χ1v) is 9.17. The van der Waals surface area contributed by atoms with Gasteiger partial charge in [-0.05, 0) is 36.8 Å². The predicted octanol–water partition coefficient (Wildman–Crippen LogP) is 5.15. The van der Waals surface area contributed by atoms with E-state index in [1.807, 2.05) is 13.0 Å². The number of phenolic OH excluding ortho intramolecular Hbond substituents is 2. The molecule has 0 saturated heterocycles. The second-order valence-electron chi connectivity index (χ2n) is 6.84. The standard InChI is InChI=1S/C22H16F3N3O3/c1-11-2-3-12(8-17(11)26-10-13-4-5-14(23)9-18(13)29)21-27-22(31-28-21)15-6-7-16(24)20(30)19(15)25/h2-9,26,29-30H,10H2,1H3. The second kappa shape index (κ2) is 8.02. The van der Waals surface area contributed by atoms with E-state index in [2.05, 4.69) is 15.5 Å². The molecule has 3 N–H and O–H groups in total. The van der Waals surface area contributed by atoms with E-state index >= 15 is 0 Å². The first-order valence-electron chi connectivity index (χ1n) is 9.17. The largest absolute Gasteiger partial charge is 0.507 e. The Morgan fingerprint density at radius 1 is 1.00 bits per heavy atom. The van der Waals surface area contributed by atoms with Crippen molar-refractivity contribution in [3.05, 3.63) is 77.1 Å². The van der Waals surface area contributed by atoms with E-state index in [-0.39, 0.29) is 29.6 Å². The first kappa shape index (κ1) is 20.3. The third-order valence-corrected chi connectivity index (χ3v) is 4.74. The maximum Gasteiger partial charge on any atom is 0.261 e. The quantitative estimate of drug-likeness (QED) is 0.408. The highest BCUT2D eigenvalue weighted by molar-refractivity contribution is 5.67. The van der Waals surface area contributed by atoms with Crippen LogP contribution in [0, 0.1) is 24.4 Å². The number of hydrogen-bond donors (Lipinski definition) is 3. The van der Waals surface area contributed by atoms with Gasteiger partial charge in [-0.25, -0.2) is 13.2 Å². The average molecular weight is 427 g/mol. The predicted molar refractivity (Wildman–Crippen MR) is 107 cm³/mol. The molecule has 0 aliphatic carbocycles. The van der Waals surface area contributed by atoms with Crippen LogP contribution in [-0.4, -0.2) is 20.4 Å². The Morgan fingerprint density at radius 3 is 2.58 bits per heavy atom. The van der Waals surface area contributed by atoms with Crippen molar-refractivity contribution in [3.8, 4) is 34.3 Å². The van der Waals surface area contributed by atoms with Gasteiger partial charge in [-0.3, -0.25) is 0 Å². The lowest BCUT2D eigenvalue weighted by Gasteiger charge is -2.11. The SMILES string of the molecule is Cc1ccc(-c2noc(-c3ccc(F)c(O)c3F)n2)cc1NCc1ccc(F)cc1O. The number of hydrogen-bond acceptors (Lipinski definition) is 6. The van der Waals surface area contributed by atoms with Crippen molar-refractivity contribution in [1.82, 2.24) is 10.1 Å². The minimum absolute atomic E-state index is 0.158. The molecule has 3 aromatic carbocycles. The molecule has 0 aliphatic heterocycles. The van der Waals surface area contributed by atoms with Crippen LogP contribution in [0.1, 0.15) is 11.1 Å². The summed E-state index contributed by atoms with van der Waals surface area (Å²) in [6, 6.07) is 11.1. The molecule has 0 radical (unpaired) electrons. The lowest BCUT2D eigenvalue weighted by molar-refractivity contribution is 0.392. The minimum atomic E-state index is -1.19. The van der Waals surface area contributed by atoms with Gasteiger partial charge < -0.3 is 20.1 Å². The molecule has 0 unspecified atom stereocenters. The number of benzene rings is 3. The third kappa shape index (κ3) is 4.02. The molecule has 0 aliphatic rings. The Bertz CT molecular complexity index is 1270. The van der Waals surface area contributed by atoms with E-state index in [0.29, 0.717) is 16.8 Å². The van der Waals surface area contributed by atoms with Crippen LogP contribution in [0.15, 0.2) is 53.1 Å². The summed E-state index contributed by atoms with van der Waals surface area (Å²) in [7, 11) is 0. The van der Waals surface area contributed by atoms with Crippen LogP contribution in [0.2, 0.25) is 0 Å². The number of phenols is 2. The van der Waals surface area contributed by atoms with Gasteiger partial charge in [0, 0.05) is 29.4 Å². The Hall–Kier alpha value is -4.01. The molecule has 0 amide bonds. The molecule has 9 heteroatoms. The fraction of sp³-hybridized carbons (Fsp3) is 0.0909. The lowest BCUT2D eigenvalue weighted by Crippen LogP contribution is -2.02. The molecule has 6 nitrogen and oxygen atoms in total. The number of anilines is 1. The van der Waals surface area contributed by atoms with Crippen LogP contribution < -0.4 is 5.32 Å². The van der Waals surface area contributed by atoms with Gasteiger partial charge in [-0.1, -0.05) is 23.4 Å². The second-order valence-corrected chi connectivity index (χ2v) is 6.84. The Labute approximate surface area is 174 Å². The fourth-order valence-electron chi connectivity index (χ4n) is 2.98. The summed E-state index contributed by atoms with van der Waals surface area (Å²) in [6.45, 7) is 2.11. The molecule has 4 aromatic rings. The van der Waals surface area contributed by atoms with E-state index in [1.54, 1.807) is 12.1 Å². The van der Waals surface area contributed by atoms with E-state index in [0.717, 1.165) is 23.8 Å². The molecule has 0 bridgehead atoms. The van der Waals surface area contributed by atoms with Crippen molar-refractivity contribution in [3.63, 3.8) is 0 Å². The molecular weight excluding hydrogens is 411 g/mol. The summed E-state index contributed by atoms with van der Waals surface area (Å²) in [6.07, 6.45) is 0. The number of halogens is 3. The first-order chi connectivity index (χ1) is 14.8. The monoisotopic (exact) mass is 427 g/mol. The smallest absolute Gasteiger partial charge is 0.261 e. The maximum atomic E-state index is 14.1. The Balaban J connectivity index is 1.59. The van der Waals surface area contributed by atoms with Crippen LogP contribution >= 0.6 is 0 Å². The highest BCUT2D eigenvalue weighted by Crippen LogP contribution is 2.32. The lowest BCUT2D eigenvalue weighted by atomic mass is 10.1. The highest BCUT2D eigenvalue weighted by atomic mass is 19.1. The number of nitrogens with one attached hydrogen (secondary N) is 1. The van der Waals surface area contributed by atoms with Gasteiger partial charge in [0.2, 0.25) is 5.82 Å². The van der Waals surface area contributed by atoms with Crippen molar-refractivity contribution in [2.75, 3.05) is 5.32 Å². The van der Waals surface area contributed by atoms with Crippen LogP contribution in [-0.2, 0) is 6.54 Å². The van der Waals surface area contributed by atoms with E-state index in [1.165, 1.54) is 12.1 Å². The molecule has 31 heavy (non-hydrogen) atoms. The third-order valence-electron chi connectivity index (χ3n) is 4.74. The number of aromatic nitrogens is 2.